The number of nitrogens with one attached hydrogen (secondary N) is 4. The molecule has 2 aromatic carbocycles. The van der Waals surface area contributed by atoms with Gasteiger partial charge >= 0.3 is 6.18 Å². The van der Waals surface area contributed by atoms with Gasteiger partial charge in [0.1, 0.15) is 0 Å². The Kier molecular flexibility index (Phi) is 8.81. The molecule has 1 aliphatic rings. The van der Waals surface area contributed by atoms with E-state index in [-0.39, 0.29) is 29.9 Å². The normalized spacial score (nSPS) is 18.4. The van der Waals surface area contributed by atoms with Crippen molar-refractivity contribution >= 4 is 29.3 Å². The van der Waals surface area contributed by atoms with Crippen LogP contribution in [0.1, 0.15) is 27.9 Å². The first-order valence-corrected chi connectivity index (χ1v) is 12.0. The molecule has 0 radical (unpaired) electrons. The Morgan fingerprint density at radius 1 is 1.15 bits per heavy atom. The second-order valence-electron chi connectivity index (χ2n) is 7.98. The van der Waals surface area contributed by atoms with Crippen LogP contribution in [0.25, 0.3) is 0 Å². The number of piperidine rings is 1. The average Bonchev–Trinajstić information content (AvgIpc) is 2.82. The number of halogens is 3. The van der Waals surface area contributed by atoms with E-state index >= 15 is 0 Å². The maximum absolute atomic E-state index is 12.9. The van der Waals surface area contributed by atoms with Crippen molar-refractivity contribution in [3.63, 3.8) is 0 Å². The molecule has 34 heavy (non-hydrogen) atoms. The molecule has 2 amide bonds. The van der Waals surface area contributed by atoms with Crippen LogP contribution in [-0.2, 0) is 17.5 Å². The van der Waals surface area contributed by atoms with E-state index in [0.717, 1.165) is 30.7 Å². The van der Waals surface area contributed by atoms with Crippen molar-refractivity contribution in [2.24, 2.45) is 0 Å². The summed E-state index contributed by atoms with van der Waals surface area (Å²) in [4.78, 5) is 26.0. The van der Waals surface area contributed by atoms with E-state index in [9.17, 15) is 22.8 Å². The molecule has 0 unspecified atom stereocenters. The lowest BCUT2D eigenvalue weighted by Gasteiger charge is -2.33. The summed E-state index contributed by atoms with van der Waals surface area (Å²) >= 11 is 1.68. The highest BCUT2D eigenvalue weighted by atomic mass is 32.2. The fraction of sp³-hybridized carbons (Fsp3) is 0.391. The van der Waals surface area contributed by atoms with Crippen molar-refractivity contribution in [3.8, 4) is 0 Å². The lowest BCUT2D eigenvalue weighted by molar-refractivity contribution is -0.137. The largest absolute Gasteiger partial charge is 0.416 e. The second-order valence-corrected chi connectivity index (χ2v) is 8.86. The zero-order valence-corrected chi connectivity index (χ0v) is 19.5. The topological polar surface area (TPSA) is 108 Å². The van der Waals surface area contributed by atoms with Crippen molar-refractivity contribution in [1.82, 2.24) is 21.3 Å². The number of benzene rings is 2. The minimum atomic E-state index is -4.60. The summed E-state index contributed by atoms with van der Waals surface area (Å²) in [5, 5.41) is 11.9. The molecule has 0 saturated carbocycles. The first kappa shape index (κ1) is 25.9. The molecule has 0 aliphatic carbocycles. The number of alkyl halides is 3. The van der Waals surface area contributed by atoms with Crippen molar-refractivity contribution in [1.29, 1.82) is 0 Å². The van der Waals surface area contributed by atoms with Crippen molar-refractivity contribution in [3.05, 3.63) is 59.2 Å². The molecule has 6 N–H and O–H groups in total. The molecule has 3 rings (SSSR count). The molecule has 2 atom stereocenters. The lowest BCUT2D eigenvalue weighted by atomic mass is 10.00. The molecule has 0 bridgehead atoms. The van der Waals surface area contributed by atoms with Gasteiger partial charge in [-0.3, -0.25) is 9.59 Å². The number of anilines is 1. The molecule has 1 heterocycles. The van der Waals surface area contributed by atoms with Gasteiger partial charge in [-0.1, -0.05) is 12.1 Å². The average molecular weight is 496 g/mol. The third-order valence-electron chi connectivity index (χ3n) is 5.59. The number of rotatable bonds is 8. The Bertz CT molecular complexity index is 1000. The number of nitrogens with two attached hydrogens (primary N) is 1. The fourth-order valence-electron chi connectivity index (χ4n) is 3.69. The first-order chi connectivity index (χ1) is 16.2. The predicted molar refractivity (Wildman–Crippen MR) is 126 cm³/mol. The van der Waals surface area contributed by atoms with Crippen LogP contribution < -0.4 is 27.0 Å². The zero-order chi connectivity index (χ0) is 24.7. The van der Waals surface area contributed by atoms with Crippen LogP contribution in [0.15, 0.2) is 47.4 Å². The molecular formula is C23H28F3N5O2S. The van der Waals surface area contributed by atoms with Crippen LogP contribution in [0.5, 0.6) is 0 Å². The summed E-state index contributed by atoms with van der Waals surface area (Å²) in [7, 11) is 0. The van der Waals surface area contributed by atoms with Crippen LogP contribution in [0.3, 0.4) is 0 Å². The highest BCUT2D eigenvalue weighted by molar-refractivity contribution is 7.98. The van der Waals surface area contributed by atoms with E-state index in [1.807, 2.05) is 6.26 Å². The van der Waals surface area contributed by atoms with Crippen molar-refractivity contribution in [2.75, 3.05) is 31.6 Å². The summed E-state index contributed by atoms with van der Waals surface area (Å²) < 4.78 is 38.8. The molecule has 0 spiro atoms. The van der Waals surface area contributed by atoms with E-state index in [1.54, 1.807) is 11.8 Å². The Morgan fingerprint density at radius 3 is 2.56 bits per heavy atom. The van der Waals surface area contributed by atoms with Crippen LogP contribution >= 0.6 is 11.8 Å². The van der Waals surface area contributed by atoms with Gasteiger partial charge in [-0.2, -0.15) is 13.2 Å². The summed E-state index contributed by atoms with van der Waals surface area (Å²) in [5.41, 5.74) is 5.38. The molecule has 0 aromatic heterocycles. The van der Waals surface area contributed by atoms with E-state index < -0.39 is 23.6 Å². The Morgan fingerprint density at radius 2 is 1.88 bits per heavy atom. The Balaban J connectivity index is 1.53. The van der Waals surface area contributed by atoms with Crippen LogP contribution in [0.2, 0.25) is 0 Å². The number of amides is 2. The highest BCUT2D eigenvalue weighted by Crippen LogP contribution is 2.31. The third-order valence-corrected chi connectivity index (χ3v) is 6.33. The highest BCUT2D eigenvalue weighted by Gasteiger charge is 2.32. The number of thioether (sulfide) groups is 1. The molecule has 1 aliphatic heterocycles. The van der Waals surface area contributed by atoms with Gasteiger partial charge in [-0.25, -0.2) is 0 Å². The summed E-state index contributed by atoms with van der Waals surface area (Å²) in [6, 6.07) is 10.6. The number of hydrogen-bond donors (Lipinski definition) is 5. The molecule has 1 saturated heterocycles. The number of hydrogen-bond acceptors (Lipinski definition) is 6. The van der Waals surface area contributed by atoms with Crippen molar-refractivity contribution < 1.29 is 22.8 Å². The molecule has 1 fully saturated rings. The zero-order valence-electron chi connectivity index (χ0n) is 18.7. The van der Waals surface area contributed by atoms with Gasteiger partial charge in [0, 0.05) is 29.7 Å². The van der Waals surface area contributed by atoms with Gasteiger partial charge in [0.2, 0.25) is 5.91 Å². The third kappa shape index (κ3) is 7.12. The van der Waals surface area contributed by atoms with Crippen LogP contribution in [-0.4, -0.2) is 49.8 Å². The van der Waals surface area contributed by atoms with Crippen molar-refractivity contribution in [2.45, 2.75) is 36.1 Å². The SMILES string of the molecule is CSc1ccc(CN[C@H]2CCNC[C@H]2NC(=O)CNC(=O)c2cc(C(F)(F)F)ccc2N)cc1. The smallest absolute Gasteiger partial charge is 0.398 e. The standard InChI is InChI=1S/C23H28F3N5O2S/c1-34-16-5-2-14(3-6-16)11-29-19-8-9-28-12-20(19)31-21(32)13-30-22(33)17-10-15(23(24,25)26)4-7-18(17)27/h2-7,10,19-20,28-29H,8-9,11-13,27H2,1H3,(H,30,33)(H,31,32)/t19-,20+/m0/s1. The van der Waals surface area contributed by atoms with Gasteiger partial charge < -0.3 is 27.0 Å². The second kappa shape index (κ2) is 11.6. The van der Waals surface area contributed by atoms with Crippen LogP contribution in [0.4, 0.5) is 18.9 Å². The maximum atomic E-state index is 12.9. The van der Waals surface area contributed by atoms with Gasteiger partial charge in [0.05, 0.1) is 23.7 Å². The predicted octanol–water partition coefficient (Wildman–Crippen LogP) is 2.38. The van der Waals surface area contributed by atoms with Gasteiger partial charge in [0.15, 0.2) is 0 Å². The van der Waals surface area contributed by atoms with E-state index in [4.69, 9.17) is 5.73 Å². The molecule has 184 valence electrons. The number of carbonyl (C=O) groups is 2. The van der Waals surface area contributed by atoms with Gasteiger partial charge in [-0.05, 0) is 55.1 Å². The molecule has 11 heteroatoms. The maximum Gasteiger partial charge on any atom is 0.416 e. The monoisotopic (exact) mass is 495 g/mol. The fourth-order valence-corrected chi connectivity index (χ4v) is 4.10. The number of carbonyl (C=O) groups excluding carboxylic acids is 2. The quantitative estimate of drug-likeness (QED) is 0.284. The Hall–Kier alpha value is -2.76. The van der Waals surface area contributed by atoms with Gasteiger partial charge in [-0.15, -0.1) is 11.8 Å². The minimum Gasteiger partial charge on any atom is -0.398 e. The minimum absolute atomic E-state index is 0.0280. The number of nitrogen functional groups attached to an aromatic ring is 1. The van der Waals surface area contributed by atoms with E-state index in [2.05, 4.69) is 45.5 Å². The molecule has 2 aromatic rings. The molecule has 7 nitrogen and oxygen atoms in total. The van der Waals surface area contributed by atoms with E-state index in [0.29, 0.717) is 19.2 Å². The first-order valence-electron chi connectivity index (χ1n) is 10.8. The van der Waals surface area contributed by atoms with Gasteiger partial charge in [0.25, 0.3) is 5.91 Å². The summed E-state index contributed by atoms with van der Waals surface area (Å²) in [6.07, 6.45) is -1.78. The summed E-state index contributed by atoms with van der Waals surface area (Å²) in [5.74, 6) is -1.28. The lowest BCUT2D eigenvalue weighted by Crippen LogP contribution is -2.59. The molecular weight excluding hydrogens is 467 g/mol. The van der Waals surface area contributed by atoms with E-state index in [1.165, 1.54) is 4.90 Å². The summed E-state index contributed by atoms with van der Waals surface area (Å²) in [6.45, 7) is 1.63. The van der Waals surface area contributed by atoms with Crippen LogP contribution in [0, 0.1) is 0 Å². The Labute approximate surface area is 200 Å².